The lowest BCUT2D eigenvalue weighted by Crippen LogP contribution is -2.14. The first-order valence-corrected chi connectivity index (χ1v) is 8.77. The summed E-state index contributed by atoms with van der Waals surface area (Å²) in [6.45, 7) is 5.12. The van der Waals surface area contributed by atoms with Crippen LogP contribution in [0.2, 0.25) is 0 Å². The highest BCUT2D eigenvalue weighted by atomic mass is 16.5. The molecule has 1 amide bonds. The maximum Gasteiger partial charge on any atom is 0.248 e. The number of nitrogens with two attached hydrogens (primary N) is 1. The zero-order chi connectivity index (χ0) is 20.3. The minimum atomic E-state index is -0.503. The minimum Gasteiger partial charge on any atom is -0.383 e. The smallest absolute Gasteiger partial charge is 0.248 e. The van der Waals surface area contributed by atoms with Gasteiger partial charge in [0.1, 0.15) is 6.54 Å². The number of aromatic nitrogens is 5. The van der Waals surface area contributed by atoms with Gasteiger partial charge in [-0.2, -0.15) is 4.80 Å². The van der Waals surface area contributed by atoms with Gasteiger partial charge in [-0.1, -0.05) is 12.1 Å². The monoisotopic (exact) mass is 382 g/mol. The van der Waals surface area contributed by atoms with Crippen LogP contribution in [-0.4, -0.2) is 50.2 Å². The van der Waals surface area contributed by atoms with Gasteiger partial charge in [-0.15, -0.1) is 10.2 Å². The molecule has 9 heteroatoms. The first-order valence-electron chi connectivity index (χ1n) is 8.77. The van der Waals surface area contributed by atoms with Crippen molar-refractivity contribution in [2.45, 2.75) is 26.9 Å². The lowest BCUT2D eigenvalue weighted by atomic mass is 10.1. The van der Waals surface area contributed by atoms with Gasteiger partial charge in [0.2, 0.25) is 11.7 Å². The summed E-state index contributed by atoms with van der Waals surface area (Å²) in [4.78, 5) is 25.1. The second-order valence-electron chi connectivity index (χ2n) is 6.44. The van der Waals surface area contributed by atoms with Crippen LogP contribution in [0.4, 0.5) is 0 Å². The number of nitrogens with zero attached hydrogens (tertiary/aromatic N) is 5. The van der Waals surface area contributed by atoms with Crippen molar-refractivity contribution in [2.75, 3.05) is 13.7 Å². The summed E-state index contributed by atoms with van der Waals surface area (Å²) in [6.07, 6.45) is 0. The molecule has 0 aliphatic carbocycles. The number of hydrogen-bond acceptors (Lipinski definition) is 6. The molecule has 3 aromatic rings. The number of rotatable bonds is 8. The number of methoxy groups -OCH3 is 1. The summed E-state index contributed by atoms with van der Waals surface area (Å²) < 4.78 is 7.18. The Hall–Kier alpha value is -3.33. The molecule has 146 valence electrons. The van der Waals surface area contributed by atoms with Crippen molar-refractivity contribution in [3.8, 4) is 11.4 Å². The Morgan fingerprint density at radius 1 is 1.18 bits per heavy atom. The number of amides is 1. The lowest BCUT2D eigenvalue weighted by molar-refractivity contribution is 0.0958. The fourth-order valence-corrected chi connectivity index (χ4v) is 3.03. The molecule has 0 radical (unpaired) electrons. The second-order valence-corrected chi connectivity index (χ2v) is 6.44. The Balaban J connectivity index is 1.74. The van der Waals surface area contributed by atoms with Gasteiger partial charge in [0, 0.05) is 41.7 Å². The van der Waals surface area contributed by atoms with Crippen LogP contribution in [0.5, 0.6) is 0 Å². The molecule has 0 saturated heterocycles. The van der Waals surface area contributed by atoms with E-state index in [2.05, 4.69) is 20.0 Å². The Bertz CT molecular complexity index is 1000. The van der Waals surface area contributed by atoms with Crippen LogP contribution in [-0.2, 0) is 17.8 Å². The lowest BCUT2D eigenvalue weighted by Gasteiger charge is -2.08. The van der Waals surface area contributed by atoms with E-state index < -0.39 is 5.91 Å². The standard InChI is InChI=1S/C19H22N6O3/c1-12-10-16(13(2)24(12)8-9-28-3)17(26)11-25-22-19(21-23-25)15-6-4-14(5-7-15)18(20)27/h4-7,10H,8-9,11H2,1-3H3,(H2,20,27). The van der Waals surface area contributed by atoms with E-state index in [0.717, 1.165) is 11.4 Å². The first kappa shape index (κ1) is 19.4. The van der Waals surface area contributed by atoms with Gasteiger partial charge in [-0.3, -0.25) is 9.59 Å². The highest BCUT2D eigenvalue weighted by Crippen LogP contribution is 2.17. The molecular weight excluding hydrogens is 360 g/mol. The summed E-state index contributed by atoms with van der Waals surface area (Å²) in [5.74, 6) is -0.226. The van der Waals surface area contributed by atoms with Crippen LogP contribution < -0.4 is 5.73 Å². The number of aryl methyl sites for hydroxylation is 1. The summed E-state index contributed by atoms with van der Waals surface area (Å²) in [7, 11) is 1.65. The average molecular weight is 382 g/mol. The number of ketones is 1. The van der Waals surface area contributed by atoms with E-state index in [4.69, 9.17) is 10.5 Å². The van der Waals surface area contributed by atoms with Crippen LogP contribution in [0.1, 0.15) is 32.1 Å². The van der Waals surface area contributed by atoms with Crippen LogP contribution in [0.15, 0.2) is 30.3 Å². The van der Waals surface area contributed by atoms with Crippen LogP contribution in [0, 0.1) is 13.8 Å². The van der Waals surface area contributed by atoms with Crippen molar-refractivity contribution in [1.29, 1.82) is 0 Å². The van der Waals surface area contributed by atoms with Crippen molar-refractivity contribution >= 4 is 11.7 Å². The highest BCUT2D eigenvalue weighted by Gasteiger charge is 2.17. The van der Waals surface area contributed by atoms with Crippen molar-refractivity contribution in [3.63, 3.8) is 0 Å². The molecule has 0 saturated carbocycles. The zero-order valence-corrected chi connectivity index (χ0v) is 16.0. The van der Waals surface area contributed by atoms with E-state index >= 15 is 0 Å². The molecular formula is C19H22N6O3. The minimum absolute atomic E-state index is 0.0130. The molecule has 2 aromatic heterocycles. The molecule has 0 spiro atoms. The average Bonchev–Trinajstić information content (AvgIpc) is 3.25. The van der Waals surface area contributed by atoms with Gasteiger partial charge >= 0.3 is 0 Å². The molecule has 0 aliphatic heterocycles. The Labute approximate surface area is 162 Å². The Kier molecular flexibility index (Phi) is 5.65. The maximum absolute atomic E-state index is 12.7. The predicted octanol–water partition coefficient (Wildman–Crippen LogP) is 1.39. The number of primary amides is 1. The fraction of sp³-hybridized carbons (Fsp3) is 0.316. The van der Waals surface area contributed by atoms with E-state index in [1.54, 1.807) is 31.4 Å². The third kappa shape index (κ3) is 3.99. The topological polar surface area (TPSA) is 118 Å². The third-order valence-corrected chi connectivity index (χ3v) is 4.56. The predicted molar refractivity (Wildman–Crippen MR) is 102 cm³/mol. The van der Waals surface area contributed by atoms with Crippen molar-refractivity contribution in [1.82, 2.24) is 24.8 Å². The molecule has 1 aromatic carbocycles. The molecule has 0 aliphatic rings. The fourth-order valence-electron chi connectivity index (χ4n) is 3.03. The van der Waals surface area contributed by atoms with Crippen molar-refractivity contribution in [3.05, 3.63) is 52.8 Å². The quantitative estimate of drug-likeness (QED) is 0.588. The number of tetrazole rings is 1. The van der Waals surface area contributed by atoms with Gasteiger partial charge in [0.05, 0.1) is 6.61 Å². The second kappa shape index (κ2) is 8.13. The molecule has 0 fully saturated rings. The summed E-state index contributed by atoms with van der Waals surface area (Å²) in [6, 6.07) is 8.43. The molecule has 0 unspecified atom stereocenters. The van der Waals surface area contributed by atoms with Crippen molar-refractivity contribution in [2.24, 2.45) is 5.73 Å². The van der Waals surface area contributed by atoms with Gasteiger partial charge in [-0.25, -0.2) is 0 Å². The molecule has 9 nitrogen and oxygen atoms in total. The number of carbonyl (C=O) groups is 2. The number of benzene rings is 1. The van der Waals surface area contributed by atoms with Crippen LogP contribution >= 0.6 is 0 Å². The number of Topliss-reactive ketones (excluding diaryl/α,β-unsaturated/α-hetero) is 1. The van der Waals surface area contributed by atoms with Gasteiger partial charge in [-0.05, 0) is 37.3 Å². The molecule has 0 atom stereocenters. The first-order chi connectivity index (χ1) is 13.4. The maximum atomic E-state index is 12.7. The Morgan fingerprint density at radius 3 is 2.54 bits per heavy atom. The normalized spacial score (nSPS) is 11.0. The summed E-state index contributed by atoms with van der Waals surface area (Å²) in [5.41, 5.74) is 8.84. The highest BCUT2D eigenvalue weighted by molar-refractivity contribution is 5.97. The molecule has 28 heavy (non-hydrogen) atoms. The summed E-state index contributed by atoms with van der Waals surface area (Å²) >= 11 is 0. The van der Waals surface area contributed by atoms with Gasteiger partial charge in [0.15, 0.2) is 5.78 Å². The number of carbonyl (C=O) groups excluding carboxylic acids is 2. The van der Waals surface area contributed by atoms with E-state index in [0.29, 0.717) is 35.7 Å². The van der Waals surface area contributed by atoms with E-state index in [-0.39, 0.29) is 12.3 Å². The summed E-state index contributed by atoms with van der Waals surface area (Å²) in [5, 5.41) is 12.2. The van der Waals surface area contributed by atoms with Gasteiger partial charge < -0.3 is 15.0 Å². The van der Waals surface area contributed by atoms with Gasteiger partial charge in [0.25, 0.3) is 0 Å². The van der Waals surface area contributed by atoms with Crippen LogP contribution in [0.25, 0.3) is 11.4 Å². The van der Waals surface area contributed by atoms with E-state index in [1.165, 1.54) is 4.80 Å². The van der Waals surface area contributed by atoms with Crippen molar-refractivity contribution < 1.29 is 14.3 Å². The Morgan fingerprint density at radius 2 is 1.89 bits per heavy atom. The zero-order valence-electron chi connectivity index (χ0n) is 16.0. The molecule has 0 bridgehead atoms. The number of ether oxygens (including phenoxy) is 1. The largest absolute Gasteiger partial charge is 0.383 e. The van der Waals surface area contributed by atoms with E-state index in [9.17, 15) is 9.59 Å². The van der Waals surface area contributed by atoms with Crippen LogP contribution in [0.3, 0.4) is 0 Å². The SMILES string of the molecule is COCCn1c(C)cc(C(=O)Cn2nnc(-c3ccc(C(N)=O)cc3)n2)c1C. The molecule has 3 rings (SSSR count). The number of hydrogen-bond donors (Lipinski definition) is 1. The molecule has 2 N–H and O–H groups in total. The third-order valence-electron chi connectivity index (χ3n) is 4.56. The molecule has 2 heterocycles. The van der Waals surface area contributed by atoms with E-state index in [1.807, 2.05) is 19.9 Å².